The fourth-order valence-corrected chi connectivity index (χ4v) is 5.73. The van der Waals surface area contributed by atoms with Crippen molar-refractivity contribution < 1.29 is 8.42 Å². The molecule has 4 aromatic rings. The number of anilines is 4. The molecule has 0 bridgehead atoms. The Morgan fingerprint density at radius 1 is 1.08 bits per heavy atom. The SMILES string of the molecule is CCN1CCN(c2ccc(Nc3ncc4scc(-c5cccc(N(C)S(C)(=O)=O)c5)c4n3)cc2)CC1. The van der Waals surface area contributed by atoms with Crippen LogP contribution in [0.5, 0.6) is 0 Å². The second-order valence-corrected chi connectivity index (χ2v) is 11.9. The van der Waals surface area contributed by atoms with Crippen LogP contribution in [0.3, 0.4) is 0 Å². The number of fused-ring (bicyclic) bond motifs is 1. The largest absolute Gasteiger partial charge is 0.369 e. The van der Waals surface area contributed by atoms with Gasteiger partial charge in [-0.15, -0.1) is 11.3 Å². The summed E-state index contributed by atoms with van der Waals surface area (Å²) in [7, 11) is -1.79. The fourth-order valence-electron chi connectivity index (χ4n) is 4.36. The number of piperazine rings is 1. The zero-order valence-electron chi connectivity index (χ0n) is 20.7. The predicted molar refractivity (Wildman–Crippen MR) is 150 cm³/mol. The molecule has 0 spiro atoms. The van der Waals surface area contributed by atoms with Crippen molar-refractivity contribution in [3.63, 3.8) is 0 Å². The number of nitrogens with zero attached hydrogens (tertiary/aromatic N) is 5. The third-order valence-electron chi connectivity index (χ3n) is 6.64. The minimum atomic E-state index is -3.34. The van der Waals surface area contributed by atoms with E-state index >= 15 is 0 Å². The smallest absolute Gasteiger partial charge is 0.231 e. The number of likely N-dealkylation sites (N-methyl/N-ethyl adjacent to an activating group) is 1. The molecule has 8 nitrogen and oxygen atoms in total. The van der Waals surface area contributed by atoms with Crippen LogP contribution in [0.4, 0.5) is 23.0 Å². The van der Waals surface area contributed by atoms with Crippen LogP contribution in [0.15, 0.2) is 60.1 Å². The Labute approximate surface area is 216 Å². The van der Waals surface area contributed by atoms with Crippen molar-refractivity contribution in [1.29, 1.82) is 0 Å². The summed E-state index contributed by atoms with van der Waals surface area (Å²) in [6.07, 6.45) is 3.02. The van der Waals surface area contributed by atoms with Gasteiger partial charge >= 0.3 is 0 Å². The molecule has 10 heteroatoms. The number of nitrogens with one attached hydrogen (secondary N) is 1. The number of aromatic nitrogens is 2. The number of benzene rings is 2. The van der Waals surface area contributed by atoms with Gasteiger partial charge in [-0.05, 0) is 48.5 Å². The molecule has 2 aromatic heterocycles. The normalized spacial score (nSPS) is 14.8. The summed E-state index contributed by atoms with van der Waals surface area (Å²) in [5, 5.41) is 5.37. The van der Waals surface area contributed by atoms with Gasteiger partial charge in [-0.25, -0.2) is 18.4 Å². The average Bonchev–Trinajstić information content (AvgIpc) is 3.32. The number of thiophene rings is 1. The van der Waals surface area contributed by atoms with E-state index in [0.717, 1.165) is 59.8 Å². The van der Waals surface area contributed by atoms with E-state index in [1.54, 1.807) is 24.5 Å². The van der Waals surface area contributed by atoms with Crippen molar-refractivity contribution in [3.8, 4) is 11.1 Å². The highest BCUT2D eigenvalue weighted by Gasteiger charge is 2.17. The van der Waals surface area contributed by atoms with Crippen LogP contribution in [0.25, 0.3) is 21.3 Å². The van der Waals surface area contributed by atoms with Crippen LogP contribution in [0.1, 0.15) is 6.92 Å². The third kappa shape index (κ3) is 5.16. The first kappa shape index (κ1) is 24.5. The van der Waals surface area contributed by atoms with Crippen molar-refractivity contribution >= 4 is 54.6 Å². The van der Waals surface area contributed by atoms with E-state index in [0.29, 0.717) is 11.6 Å². The number of hydrogen-bond acceptors (Lipinski definition) is 8. The molecule has 1 fully saturated rings. The fraction of sp³-hybridized carbons (Fsp3) is 0.308. The number of rotatable bonds is 7. The van der Waals surface area contributed by atoms with Gasteiger partial charge in [0.05, 0.1) is 28.4 Å². The Hall–Kier alpha value is -3.21. The first-order valence-corrected chi connectivity index (χ1v) is 14.7. The molecule has 0 saturated carbocycles. The summed E-state index contributed by atoms with van der Waals surface area (Å²) in [5.74, 6) is 0.524. The second kappa shape index (κ2) is 10.0. The van der Waals surface area contributed by atoms with Gasteiger partial charge in [0, 0.05) is 55.5 Å². The summed E-state index contributed by atoms with van der Waals surface area (Å²) in [6.45, 7) is 7.60. The van der Waals surface area contributed by atoms with Gasteiger partial charge in [0.15, 0.2) is 0 Å². The van der Waals surface area contributed by atoms with Gasteiger partial charge in [0.2, 0.25) is 16.0 Å². The number of hydrogen-bond donors (Lipinski definition) is 1. The zero-order chi connectivity index (χ0) is 25.3. The van der Waals surface area contributed by atoms with Crippen LogP contribution < -0.4 is 14.5 Å². The van der Waals surface area contributed by atoms with Crippen LogP contribution in [0.2, 0.25) is 0 Å². The maximum absolute atomic E-state index is 12.0. The molecule has 5 rings (SSSR count). The highest BCUT2D eigenvalue weighted by Crippen LogP contribution is 2.35. The van der Waals surface area contributed by atoms with Crippen LogP contribution in [-0.4, -0.2) is 69.3 Å². The molecule has 1 N–H and O–H groups in total. The van der Waals surface area contributed by atoms with Gasteiger partial charge in [-0.1, -0.05) is 19.1 Å². The lowest BCUT2D eigenvalue weighted by molar-refractivity contribution is 0.271. The quantitative estimate of drug-likeness (QED) is 0.379. The standard InChI is InChI=1S/C26H30N6O2S2/c1-4-31-12-14-32(15-13-31)21-10-8-20(9-11-21)28-26-27-17-24-25(29-26)23(18-35-24)19-6-5-7-22(16-19)30(2)36(3,33)34/h5-11,16-18H,4,12-15H2,1-3H3,(H,27,28,29). The molecule has 0 atom stereocenters. The lowest BCUT2D eigenvalue weighted by atomic mass is 10.1. The van der Waals surface area contributed by atoms with Crippen molar-refractivity contribution in [2.24, 2.45) is 0 Å². The Bertz CT molecular complexity index is 1460. The summed E-state index contributed by atoms with van der Waals surface area (Å²) in [6, 6.07) is 15.9. The molecule has 2 aromatic carbocycles. The summed E-state index contributed by atoms with van der Waals surface area (Å²) >= 11 is 1.57. The Morgan fingerprint density at radius 2 is 1.83 bits per heavy atom. The molecule has 1 saturated heterocycles. The van der Waals surface area contributed by atoms with E-state index in [2.05, 4.69) is 51.3 Å². The minimum absolute atomic E-state index is 0.524. The molecular formula is C26H30N6O2S2. The van der Waals surface area contributed by atoms with Crippen LogP contribution in [-0.2, 0) is 10.0 Å². The minimum Gasteiger partial charge on any atom is -0.369 e. The predicted octanol–water partition coefficient (Wildman–Crippen LogP) is 4.64. The van der Waals surface area contributed by atoms with Crippen LogP contribution >= 0.6 is 11.3 Å². The van der Waals surface area contributed by atoms with E-state index in [1.807, 2.05) is 29.8 Å². The monoisotopic (exact) mass is 522 g/mol. The maximum atomic E-state index is 12.0. The molecule has 0 unspecified atom stereocenters. The Morgan fingerprint density at radius 3 is 2.53 bits per heavy atom. The van der Waals surface area contributed by atoms with E-state index in [9.17, 15) is 8.42 Å². The van der Waals surface area contributed by atoms with Gasteiger partial charge in [0.1, 0.15) is 0 Å². The van der Waals surface area contributed by atoms with Gasteiger partial charge in [-0.3, -0.25) is 4.31 Å². The molecule has 0 aliphatic carbocycles. The first-order valence-electron chi connectivity index (χ1n) is 11.9. The second-order valence-electron chi connectivity index (χ2n) is 8.93. The highest BCUT2D eigenvalue weighted by atomic mass is 32.2. The topological polar surface area (TPSA) is 81.7 Å². The molecular weight excluding hydrogens is 492 g/mol. The van der Waals surface area contributed by atoms with Crippen molar-refractivity contribution in [2.45, 2.75) is 6.92 Å². The van der Waals surface area contributed by atoms with Crippen molar-refractivity contribution in [2.75, 3.05) is 60.5 Å². The summed E-state index contributed by atoms with van der Waals surface area (Å²) < 4.78 is 26.2. The zero-order valence-corrected chi connectivity index (χ0v) is 22.3. The molecule has 188 valence electrons. The summed E-state index contributed by atoms with van der Waals surface area (Å²) in [5.41, 5.74) is 5.46. The van der Waals surface area contributed by atoms with E-state index in [4.69, 9.17) is 4.98 Å². The molecule has 0 amide bonds. The van der Waals surface area contributed by atoms with Crippen LogP contribution in [0, 0.1) is 0 Å². The molecule has 36 heavy (non-hydrogen) atoms. The van der Waals surface area contributed by atoms with Gasteiger partial charge < -0.3 is 15.1 Å². The summed E-state index contributed by atoms with van der Waals surface area (Å²) in [4.78, 5) is 14.2. The Balaban J connectivity index is 1.36. The lowest BCUT2D eigenvalue weighted by Gasteiger charge is -2.35. The van der Waals surface area contributed by atoms with Crippen molar-refractivity contribution in [3.05, 3.63) is 60.1 Å². The first-order chi connectivity index (χ1) is 17.3. The molecule has 3 heterocycles. The average molecular weight is 523 g/mol. The van der Waals surface area contributed by atoms with E-state index in [1.165, 1.54) is 16.2 Å². The third-order valence-corrected chi connectivity index (χ3v) is 8.75. The lowest BCUT2D eigenvalue weighted by Crippen LogP contribution is -2.46. The molecule has 0 radical (unpaired) electrons. The van der Waals surface area contributed by atoms with E-state index in [-0.39, 0.29) is 0 Å². The van der Waals surface area contributed by atoms with Gasteiger partial charge in [-0.2, -0.15) is 0 Å². The Kier molecular flexibility index (Phi) is 6.83. The van der Waals surface area contributed by atoms with E-state index < -0.39 is 10.0 Å². The van der Waals surface area contributed by atoms with Gasteiger partial charge in [0.25, 0.3) is 0 Å². The molecule has 1 aliphatic heterocycles. The number of sulfonamides is 1. The molecule has 1 aliphatic rings. The maximum Gasteiger partial charge on any atom is 0.231 e. The highest BCUT2D eigenvalue weighted by molar-refractivity contribution is 7.92. The van der Waals surface area contributed by atoms with Crippen molar-refractivity contribution in [1.82, 2.24) is 14.9 Å².